The molecule has 6 aliphatic heterocycles. The highest BCUT2D eigenvalue weighted by Gasteiger charge is 2.58. The van der Waals surface area contributed by atoms with Crippen molar-refractivity contribution in [2.45, 2.75) is 236 Å². The standard InChI is InChI=1S/C48H83N3O41S2/c1-12-25(61)32(68)33(69)46(81-12)89-39-24(51-15(4)59)44(85-21(29(39)65)11-80-45-35(71)41(91-93(73,74)75)27(63)18(7-54)82-45)90-40-30(66)22(86-47(34(40)70)87-37(26(62)17(60)6-53)16(5-52)49-13(2)57)10-79-43-23(50-14(3)58)31(67)38(20(9-56)84-43)88-48-36(72)42(92-94(76,77)78)28(64)19(8-55)83-48/h12,16-48,52-56,60-72H,5-11H2,1-4H3,(H,49,57)(H,50,58)(H,51,59)(H,73,74,75)(H,76,77,78). The maximum Gasteiger partial charge on any atom is 0.397 e. The Hall–Kier alpha value is -3.05. The third kappa shape index (κ3) is 19.7. The second-order valence-corrected chi connectivity index (χ2v) is 24.7. The number of aliphatic hydroxyl groups excluding tert-OH is 18. The summed E-state index contributed by atoms with van der Waals surface area (Å²) in [7, 11) is -10.9. The number of hydrogen-bond acceptors (Lipinski definition) is 39. The zero-order valence-corrected chi connectivity index (χ0v) is 51.5. The molecule has 34 unspecified atom stereocenters. The van der Waals surface area contributed by atoms with Crippen LogP contribution >= 0.6 is 0 Å². The third-order valence-electron chi connectivity index (χ3n) is 15.7. The molecule has 6 fully saturated rings. The predicted octanol–water partition coefficient (Wildman–Crippen LogP) is -15.5. The monoisotopic (exact) mass is 1420 g/mol. The van der Waals surface area contributed by atoms with Crippen molar-refractivity contribution in [3.63, 3.8) is 0 Å². The van der Waals surface area contributed by atoms with Crippen LogP contribution < -0.4 is 16.0 Å². The molecular formula is C48H83N3O41S2. The quantitative estimate of drug-likeness (QED) is 0.0309. The van der Waals surface area contributed by atoms with Crippen LogP contribution in [0, 0.1) is 0 Å². The van der Waals surface area contributed by atoms with E-state index in [0.29, 0.717) is 0 Å². The first kappa shape index (κ1) is 79.9. The summed E-state index contributed by atoms with van der Waals surface area (Å²) in [4.78, 5) is 38.3. The summed E-state index contributed by atoms with van der Waals surface area (Å²) >= 11 is 0. The van der Waals surface area contributed by atoms with Crippen LogP contribution in [-0.4, -0.2) is 390 Å². The van der Waals surface area contributed by atoms with Crippen molar-refractivity contribution in [2.24, 2.45) is 0 Å². The fraction of sp³-hybridized carbons (Fsp3) is 0.938. The molecule has 34 atom stereocenters. The van der Waals surface area contributed by atoms with Gasteiger partial charge >= 0.3 is 20.8 Å². The molecule has 23 N–H and O–H groups in total. The molecule has 6 saturated heterocycles. The first-order chi connectivity index (χ1) is 43.9. The van der Waals surface area contributed by atoms with Gasteiger partial charge in [0.2, 0.25) is 17.7 Å². The fourth-order valence-corrected chi connectivity index (χ4v) is 12.0. The Kier molecular flexibility index (Phi) is 29.2. The van der Waals surface area contributed by atoms with Crippen molar-refractivity contribution in [1.82, 2.24) is 16.0 Å². The van der Waals surface area contributed by atoms with Gasteiger partial charge in [-0.1, -0.05) is 0 Å². The summed E-state index contributed by atoms with van der Waals surface area (Å²) in [6, 6.07) is -5.71. The van der Waals surface area contributed by atoms with Crippen molar-refractivity contribution in [1.29, 1.82) is 0 Å². The number of nitrogens with one attached hydrogen (secondary N) is 3. The molecule has 3 amide bonds. The van der Waals surface area contributed by atoms with E-state index in [1.807, 2.05) is 0 Å². The first-order valence-electron chi connectivity index (χ1n) is 28.7. The van der Waals surface area contributed by atoms with E-state index < -0.39 is 293 Å². The second kappa shape index (κ2) is 34.3. The van der Waals surface area contributed by atoms with Crippen LogP contribution in [0.15, 0.2) is 0 Å². The molecule has 0 bridgehead atoms. The van der Waals surface area contributed by atoms with E-state index >= 15 is 0 Å². The van der Waals surface area contributed by atoms with Gasteiger partial charge in [0.05, 0.1) is 58.4 Å². The molecule has 6 rings (SSSR count). The van der Waals surface area contributed by atoms with Crippen LogP contribution in [0.5, 0.6) is 0 Å². The highest BCUT2D eigenvalue weighted by molar-refractivity contribution is 7.81. The lowest BCUT2D eigenvalue weighted by atomic mass is 9.94. The number of rotatable bonds is 29. The van der Waals surface area contributed by atoms with E-state index in [1.54, 1.807) is 0 Å². The zero-order valence-electron chi connectivity index (χ0n) is 49.9. The maximum atomic E-state index is 13.2. The van der Waals surface area contributed by atoms with Gasteiger partial charge in [-0.2, -0.15) is 16.8 Å². The molecule has 0 aliphatic carbocycles. The van der Waals surface area contributed by atoms with Crippen LogP contribution in [-0.2, 0) is 100 Å². The topological polar surface area (TPSA) is 689 Å². The number of amides is 3. The summed E-state index contributed by atoms with van der Waals surface area (Å²) < 4.78 is 144. The van der Waals surface area contributed by atoms with E-state index in [-0.39, 0.29) is 0 Å². The van der Waals surface area contributed by atoms with Crippen LogP contribution in [0.25, 0.3) is 0 Å². The lowest BCUT2D eigenvalue weighted by Gasteiger charge is -2.50. The molecule has 6 heterocycles. The van der Waals surface area contributed by atoms with Crippen molar-refractivity contribution < 1.29 is 197 Å². The summed E-state index contributed by atoms with van der Waals surface area (Å²) in [6.07, 6.45) is -66.6. The molecule has 44 nitrogen and oxygen atoms in total. The van der Waals surface area contributed by atoms with Crippen molar-refractivity contribution in [2.75, 3.05) is 46.2 Å². The van der Waals surface area contributed by atoms with Crippen LogP contribution in [0.1, 0.15) is 27.7 Å². The summed E-state index contributed by atoms with van der Waals surface area (Å²) in [5, 5.41) is 204. The second-order valence-electron chi connectivity index (χ2n) is 22.6. The normalized spacial score (nSPS) is 43.0. The van der Waals surface area contributed by atoms with E-state index in [4.69, 9.17) is 56.8 Å². The van der Waals surface area contributed by atoms with Gasteiger partial charge in [0.15, 0.2) is 37.7 Å². The smallest absolute Gasteiger partial charge is 0.394 e. The van der Waals surface area contributed by atoms with Crippen LogP contribution in [0.4, 0.5) is 0 Å². The number of ether oxygens (including phenoxy) is 12. The molecule has 46 heteroatoms. The van der Waals surface area contributed by atoms with E-state index in [0.717, 1.165) is 20.8 Å². The Balaban J connectivity index is 1.40. The van der Waals surface area contributed by atoms with Crippen molar-refractivity contribution in [3.8, 4) is 0 Å². The molecule has 0 saturated carbocycles. The molecule has 548 valence electrons. The molecule has 6 aliphatic rings. The molecular weight excluding hydrogens is 1340 g/mol. The Morgan fingerprint density at radius 3 is 1.36 bits per heavy atom. The first-order valence-corrected chi connectivity index (χ1v) is 31.4. The molecule has 0 aromatic carbocycles. The number of carbonyl (C=O) groups is 3. The maximum absolute atomic E-state index is 13.2. The van der Waals surface area contributed by atoms with Gasteiger partial charge < -0.3 is 165 Å². The van der Waals surface area contributed by atoms with Gasteiger partial charge in [0, 0.05) is 20.8 Å². The Bertz CT molecular complexity index is 2650. The van der Waals surface area contributed by atoms with Gasteiger partial charge in [-0.05, 0) is 6.92 Å². The van der Waals surface area contributed by atoms with Gasteiger partial charge in [-0.15, -0.1) is 0 Å². The molecule has 94 heavy (non-hydrogen) atoms. The van der Waals surface area contributed by atoms with E-state index in [1.165, 1.54) is 6.92 Å². The lowest BCUT2D eigenvalue weighted by molar-refractivity contribution is -0.377. The Morgan fingerprint density at radius 1 is 0.436 bits per heavy atom. The minimum Gasteiger partial charge on any atom is -0.394 e. The zero-order chi connectivity index (χ0) is 70.3. The van der Waals surface area contributed by atoms with E-state index in [2.05, 4.69) is 24.3 Å². The van der Waals surface area contributed by atoms with Gasteiger partial charge in [-0.25, -0.2) is 8.37 Å². The van der Waals surface area contributed by atoms with Gasteiger partial charge in [-0.3, -0.25) is 23.5 Å². The van der Waals surface area contributed by atoms with Crippen LogP contribution in [0.3, 0.4) is 0 Å². The van der Waals surface area contributed by atoms with Gasteiger partial charge in [0.25, 0.3) is 0 Å². The molecule has 0 aromatic heterocycles. The largest absolute Gasteiger partial charge is 0.397 e. The van der Waals surface area contributed by atoms with Crippen molar-refractivity contribution in [3.05, 3.63) is 0 Å². The third-order valence-corrected chi connectivity index (χ3v) is 16.7. The minimum atomic E-state index is -5.48. The summed E-state index contributed by atoms with van der Waals surface area (Å²) in [5.74, 6) is -2.87. The number of carbonyl (C=O) groups excluding carboxylic acids is 3. The average molecular weight is 1420 g/mol. The van der Waals surface area contributed by atoms with E-state index in [9.17, 15) is 132 Å². The Morgan fingerprint density at radius 2 is 0.862 bits per heavy atom. The minimum absolute atomic E-state index is 0.897. The summed E-state index contributed by atoms with van der Waals surface area (Å²) in [6.45, 7) is -4.06. The van der Waals surface area contributed by atoms with Gasteiger partial charge in [0.1, 0.15) is 159 Å². The molecule has 0 spiro atoms. The fourth-order valence-electron chi connectivity index (χ4n) is 11.0. The lowest BCUT2D eigenvalue weighted by Crippen LogP contribution is -2.70. The summed E-state index contributed by atoms with van der Waals surface area (Å²) in [5.41, 5.74) is 0. The Labute approximate surface area is 533 Å². The number of aliphatic hydroxyl groups is 18. The highest BCUT2D eigenvalue weighted by Crippen LogP contribution is 2.37. The molecule has 0 radical (unpaired) electrons. The predicted molar refractivity (Wildman–Crippen MR) is 288 cm³/mol. The average Bonchev–Trinajstić information content (AvgIpc) is 0.778. The number of hydrogen-bond donors (Lipinski definition) is 23. The van der Waals surface area contributed by atoms with Crippen molar-refractivity contribution >= 4 is 38.5 Å². The van der Waals surface area contributed by atoms with Crippen LogP contribution in [0.2, 0.25) is 0 Å². The molecule has 0 aromatic rings. The SMILES string of the molecule is CC(=O)NC(CO)C(OC1OC(COC2OC(CO)C(OC3OC(CO)C(O)C(OS(=O)(=O)O)C3O)C(O)C2NC(C)=O)C(O)C(OC2OC(COC3OC(CO)C(O)C(OS(=O)(=O)O)C3O)C(O)C(OC3OC(C)C(O)C(O)C3O)C2NC(C)=O)C1O)C(O)C(O)CO. The highest BCUT2D eigenvalue weighted by atomic mass is 32.3.